The molecule has 26 heavy (non-hydrogen) atoms. The molecule has 1 N–H and O–H groups in total. The van der Waals surface area contributed by atoms with Gasteiger partial charge in [-0.1, -0.05) is 0 Å². The van der Waals surface area contributed by atoms with Gasteiger partial charge in [0.15, 0.2) is 0 Å². The van der Waals surface area contributed by atoms with E-state index in [1.807, 2.05) is 23.1 Å². The van der Waals surface area contributed by atoms with Crippen molar-refractivity contribution in [3.8, 4) is 0 Å². The van der Waals surface area contributed by atoms with Gasteiger partial charge in [-0.25, -0.2) is 9.97 Å². The quantitative estimate of drug-likeness (QED) is 0.782. The molecule has 0 radical (unpaired) electrons. The number of rotatable bonds is 3. The Morgan fingerprint density at radius 3 is 2.92 bits per heavy atom. The van der Waals surface area contributed by atoms with Crippen molar-refractivity contribution in [3.05, 3.63) is 58.5 Å². The van der Waals surface area contributed by atoms with E-state index < -0.39 is 0 Å². The third kappa shape index (κ3) is 3.12. The van der Waals surface area contributed by atoms with Crippen LogP contribution in [0.4, 0.5) is 0 Å². The maximum absolute atomic E-state index is 12.8. The predicted octanol–water partition coefficient (Wildman–Crippen LogP) is 1.98. The van der Waals surface area contributed by atoms with E-state index in [0.717, 1.165) is 23.9 Å². The Labute approximate surface area is 150 Å². The number of fused-ring (bicyclic) bond motifs is 1. The molecule has 1 fully saturated rings. The van der Waals surface area contributed by atoms with Crippen LogP contribution in [0, 0.1) is 12.8 Å². The highest BCUT2D eigenvalue weighted by molar-refractivity contribution is 5.97. The molecule has 0 atom stereocenters. The van der Waals surface area contributed by atoms with Gasteiger partial charge in [-0.2, -0.15) is 0 Å². The van der Waals surface area contributed by atoms with E-state index in [-0.39, 0.29) is 11.5 Å². The van der Waals surface area contributed by atoms with Crippen LogP contribution in [0.1, 0.15) is 28.8 Å². The summed E-state index contributed by atoms with van der Waals surface area (Å²) in [5, 5.41) is 0. The van der Waals surface area contributed by atoms with E-state index in [9.17, 15) is 9.59 Å². The summed E-state index contributed by atoms with van der Waals surface area (Å²) in [5.41, 5.74) is 3.09. The van der Waals surface area contributed by atoms with Gasteiger partial charge in [-0.3, -0.25) is 14.2 Å². The van der Waals surface area contributed by atoms with Crippen molar-refractivity contribution < 1.29 is 4.79 Å². The second-order valence-electron chi connectivity index (χ2n) is 6.90. The largest absolute Gasteiger partial charge is 0.345 e. The highest BCUT2D eigenvalue weighted by Gasteiger charge is 2.24. The molecule has 3 heterocycles. The Kier molecular flexibility index (Phi) is 4.28. The van der Waals surface area contributed by atoms with Crippen molar-refractivity contribution in [1.29, 1.82) is 0 Å². The molecule has 1 aliphatic rings. The number of hydrogen-bond acceptors (Lipinski definition) is 4. The van der Waals surface area contributed by atoms with Crippen LogP contribution in [0.3, 0.4) is 0 Å². The fraction of sp³-hybridized carbons (Fsp3) is 0.368. The second kappa shape index (κ2) is 6.74. The number of carbonyl (C=O) groups excluding carboxylic acids is 1. The summed E-state index contributed by atoms with van der Waals surface area (Å²) in [7, 11) is 0. The standard InChI is InChI=1S/C19H21N5O2/c1-13-9-20-12-24(18(13)25)10-14-4-6-23(7-5-14)19(26)15-2-3-16-17(8-15)22-11-21-16/h2-3,8-9,11-12,14H,4-7,10H2,1H3,(H,21,22). The van der Waals surface area contributed by atoms with Gasteiger partial charge in [-0.15, -0.1) is 0 Å². The molecule has 0 spiro atoms. The first-order chi connectivity index (χ1) is 12.6. The minimum absolute atomic E-state index is 0.0198. The third-order valence-electron chi connectivity index (χ3n) is 5.10. The normalized spacial score (nSPS) is 15.5. The Balaban J connectivity index is 1.40. The molecule has 7 nitrogen and oxygen atoms in total. The number of imidazole rings is 1. The van der Waals surface area contributed by atoms with E-state index in [4.69, 9.17) is 0 Å². The molecule has 0 unspecified atom stereocenters. The molecule has 0 saturated carbocycles. The first kappa shape index (κ1) is 16.5. The molecule has 1 aromatic carbocycles. The number of nitrogens with zero attached hydrogens (tertiary/aromatic N) is 4. The van der Waals surface area contributed by atoms with Crippen LogP contribution < -0.4 is 5.56 Å². The smallest absolute Gasteiger partial charge is 0.256 e. The van der Waals surface area contributed by atoms with E-state index in [1.54, 1.807) is 30.3 Å². The minimum Gasteiger partial charge on any atom is -0.345 e. The number of likely N-dealkylation sites (tertiary alicyclic amines) is 1. The molecule has 4 rings (SSSR count). The van der Waals surface area contributed by atoms with Gasteiger partial charge in [0.2, 0.25) is 0 Å². The average Bonchev–Trinajstić information content (AvgIpc) is 3.13. The number of nitrogens with one attached hydrogen (secondary N) is 1. The fourth-order valence-electron chi connectivity index (χ4n) is 3.54. The summed E-state index contributed by atoms with van der Waals surface area (Å²) in [5.74, 6) is 0.435. The number of aromatic nitrogens is 4. The van der Waals surface area contributed by atoms with E-state index in [2.05, 4.69) is 15.0 Å². The highest BCUT2D eigenvalue weighted by atomic mass is 16.2. The first-order valence-corrected chi connectivity index (χ1v) is 8.85. The molecule has 3 aromatic rings. The fourth-order valence-corrected chi connectivity index (χ4v) is 3.54. The Bertz CT molecular complexity index is 998. The summed E-state index contributed by atoms with van der Waals surface area (Å²) in [4.78, 5) is 38.1. The number of piperidine rings is 1. The highest BCUT2D eigenvalue weighted by Crippen LogP contribution is 2.21. The number of carbonyl (C=O) groups is 1. The van der Waals surface area contributed by atoms with Crippen molar-refractivity contribution in [3.63, 3.8) is 0 Å². The SMILES string of the molecule is Cc1cncn(CC2CCN(C(=O)c3ccc4nc[nH]c4c3)CC2)c1=O. The molecule has 1 saturated heterocycles. The summed E-state index contributed by atoms with van der Waals surface area (Å²) >= 11 is 0. The lowest BCUT2D eigenvalue weighted by atomic mass is 9.96. The first-order valence-electron chi connectivity index (χ1n) is 8.85. The van der Waals surface area contributed by atoms with Crippen molar-refractivity contribution in [2.24, 2.45) is 5.92 Å². The summed E-state index contributed by atoms with van der Waals surface area (Å²) < 4.78 is 1.68. The monoisotopic (exact) mass is 351 g/mol. The van der Waals surface area contributed by atoms with Gasteiger partial charge in [0, 0.05) is 37.0 Å². The Hall–Kier alpha value is -2.96. The predicted molar refractivity (Wildman–Crippen MR) is 98.0 cm³/mol. The molecular formula is C19H21N5O2. The van der Waals surface area contributed by atoms with Crippen LogP contribution in [0.15, 0.2) is 41.8 Å². The van der Waals surface area contributed by atoms with Crippen molar-refractivity contribution in [2.75, 3.05) is 13.1 Å². The second-order valence-corrected chi connectivity index (χ2v) is 6.90. The summed E-state index contributed by atoms with van der Waals surface area (Å²) in [6.45, 7) is 3.86. The van der Waals surface area contributed by atoms with Gasteiger partial charge in [0.1, 0.15) is 0 Å². The Morgan fingerprint density at radius 1 is 1.31 bits per heavy atom. The topological polar surface area (TPSA) is 83.9 Å². The molecule has 2 aromatic heterocycles. The maximum Gasteiger partial charge on any atom is 0.256 e. The summed E-state index contributed by atoms with van der Waals surface area (Å²) in [6, 6.07) is 5.55. The molecule has 1 aliphatic heterocycles. The number of benzene rings is 1. The van der Waals surface area contributed by atoms with E-state index in [0.29, 0.717) is 36.7 Å². The third-order valence-corrected chi connectivity index (χ3v) is 5.10. The number of amides is 1. The number of aryl methyl sites for hydroxylation is 1. The maximum atomic E-state index is 12.8. The molecule has 134 valence electrons. The number of hydrogen-bond donors (Lipinski definition) is 1. The lowest BCUT2D eigenvalue weighted by Gasteiger charge is -2.32. The molecular weight excluding hydrogens is 330 g/mol. The van der Waals surface area contributed by atoms with Crippen LogP contribution in [-0.2, 0) is 6.54 Å². The molecule has 7 heteroatoms. The van der Waals surface area contributed by atoms with Crippen LogP contribution in [-0.4, -0.2) is 43.4 Å². The zero-order valence-electron chi connectivity index (χ0n) is 14.7. The van der Waals surface area contributed by atoms with Gasteiger partial charge >= 0.3 is 0 Å². The number of aromatic amines is 1. The van der Waals surface area contributed by atoms with Crippen LogP contribution in [0.2, 0.25) is 0 Å². The molecule has 0 aliphatic carbocycles. The lowest BCUT2D eigenvalue weighted by molar-refractivity contribution is 0.0682. The minimum atomic E-state index is 0.0198. The van der Waals surface area contributed by atoms with E-state index >= 15 is 0 Å². The summed E-state index contributed by atoms with van der Waals surface area (Å²) in [6.07, 6.45) is 6.60. The zero-order valence-corrected chi connectivity index (χ0v) is 14.7. The van der Waals surface area contributed by atoms with Crippen molar-refractivity contribution >= 4 is 16.9 Å². The average molecular weight is 351 g/mol. The molecule has 1 amide bonds. The molecule has 0 bridgehead atoms. The van der Waals surface area contributed by atoms with Crippen molar-refractivity contribution in [1.82, 2.24) is 24.4 Å². The van der Waals surface area contributed by atoms with Gasteiger partial charge in [0.25, 0.3) is 11.5 Å². The van der Waals surface area contributed by atoms with Crippen molar-refractivity contribution in [2.45, 2.75) is 26.3 Å². The van der Waals surface area contributed by atoms with Gasteiger partial charge < -0.3 is 9.88 Å². The van der Waals surface area contributed by atoms with Crippen LogP contribution in [0.25, 0.3) is 11.0 Å². The van der Waals surface area contributed by atoms with E-state index in [1.165, 1.54) is 0 Å². The Morgan fingerprint density at radius 2 is 2.12 bits per heavy atom. The number of H-pyrrole nitrogens is 1. The lowest BCUT2D eigenvalue weighted by Crippen LogP contribution is -2.40. The zero-order chi connectivity index (χ0) is 18.1. The van der Waals surface area contributed by atoms with Crippen LogP contribution >= 0.6 is 0 Å². The van der Waals surface area contributed by atoms with Gasteiger partial charge in [0.05, 0.1) is 23.7 Å². The van der Waals surface area contributed by atoms with Gasteiger partial charge in [-0.05, 0) is 43.9 Å². The van der Waals surface area contributed by atoms with Crippen LogP contribution in [0.5, 0.6) is 0 Å².